The fourth-order valence-corrected chi connectivity index (χ4v) is 6.84. The average Bonchev–Trinajstić information content (AvgIpc) is 3.13. The minimum atomic E-state index is -0.537. The number of hydrogen-bond acceptors (Lipinski definition) is 7. The van der Waals surface area contributed by atoms with Gasteiger partial charge in [-0.25, -0.2) is 4.79 Å². The summed E-state index contributed by atoms with van der Waals surface area (Å²) < 4.78 is 16.2. The van der Waals surface area contributed by atoms with Crippen molar-refractivity contribution in [1.82, 2.24) is 4.90 Å². The van der Waals surface area contributed by atoms with Crippen LogP contribution in [0.25, 0.3) is 0 Å². The van der Waals surface area contributed by atoms with E-state index < -0.39 is 6.16 Å². The second-order valence-electron chi connectivity index (χ2n) is 15.2. The summed E-state index contributed by atoms with van der Waals surface area (Å²) in [5, 5.41) is 9.54. The van der Waals surface area contributed by atoms with Crippen molar-refractivity contribution in [3.63, 3.8) is 0 Å². The van der Waals surface area contributed by atoms with Crippen LogP contribution < -0.4 is 0 Å². The predicted octanol–water partition coefficient (Wildman–Crippen LogP) is 12.7. The van der Waals surface area contributed by atoms with E-state index in [0.717, 1.165) is 70.9 Å². The lowest BCUT2D eigenvalue weighted by molar-refractivity contribution is -0.145. The summed E-state index contributed by atoms with van der Waals surface area (Å²) >= 11 is 0. The first kappa shape index (κ1) is 49.7. The highest BCUT2D eigenvalue weighted by atomic mass is 16.7. The molecule has 0 aliphatic carbocycles. The lowest BCUT2D eigenvalue weighted by Crippen LogP contribution is -2.29. The molecule has 7 nitrogen and oxygen atoms in total. The Kier molecular flexibility index (Phi) is 40.3. The molecule has 0 amide bonds. The third-order valence-electron chi connectivity index (χ3n) is 10.2. The number of unbranched alkanes of at least 4 members (excludes halogenated alkanes) is 23. The number of esters is 1. The first-order valence-corrected chi connectivity index (χ1v) is 22.4. The standard InChI is InChI=1S/C44H87NO6/c1-4-7-10-13-16-17-20-26-33-42(32-25-19-15-12-9-6-3)41-51-43(47)34-27-24-29-36-45(37-38-46)35-28-21-23-31-40-50-44(48)49-39-30-22-18-14-11-8-5-2/h42,46H,4-41H2,1-3H3. The van der Waals surface area contributed by atoms with Crippen LogP contribution in [0.1, 0.15) is 220 Å². The van der Waals surface area contributed by atoms with Crippen LogP contribution in [0.4, 0.5) is 4.79 Å². The number of aliphatic hydroxyl groups excluding tert-OH is 1. The molecule has 0 radical (unpaired) electrons. The number of carbonyl (C=O) groups excluding carboxylic acids is 2. The van der Waals surface area contributed by atoms with Gasteiger partial charge in [0.25, 0.3) is 0 Å². The zero-order chi connectivity index (χ0) is 37.3. The quantitative estimate of drug-likeness (QED) is 0.0496. The topological polar surface area (TPSA) is 85.3 Å². The van der Waals surface area contributed by atoms with Crippen LogP contribution in [-0.2, 0) is 19.0 Å². The van der Waals surface area contributed by atoms with Crippen molar-refractivity contribution in [1.29, 1.82) is 0 Å². The van der Waals surface area contributed by atoms with Gasteiger partial charge in [-0.05, 0) is 64.0 Å². The molecule has 0 aliphatic rings. The Labute approximate surface area is 317 Å². The van der Waals surface area contributed by atoms with Gasteiger partial charge in [0.15, 0.2) is 0 Å². The summed E-state index contributed by atoms with van der Waals surface area (Å²) in [7, 11) is 0. The summed E-state index contributed by atoms with van der Waals surface area (Å²) in [6, 6.07) is 0. The molecule has 0 bridgehead atoms. The molecule has 0 aliphatic heterocycles. The van der Waals surface area contributed by atoms with Crippen LogP contribution in [0.2, 0.25) is 0 Å². The van der Waals surface area contributed by atoms with E-state index in [9.17, 15) is 14.7 Å². The Morgan fingerprint density at radius 3 is 1.31 bits per heavy atom. The van der Waals surface area contributed by atoms with E-state index in [1.165, 1.54) is 135 Å². The van der Waals surface area contributed by atoms with E-state index in [0.29, 0.717) is 38.7 Å². The van der Waals surface area contributed by atoms with Crippen LogP contribution in [0.3, 0.4) is 0 Å². The summed E-state index contributed by atoms with van der Waals surface area (Å²) in [5.41, 5.74) is 0. The molecule has 0 aromatic carbocycles. The van der Waals surface area contributed by atoms with Crippen molar-refractivity contribution in [2.24, 2.45) is 5.92 Å². The average molecular weight is 726 g/mol. The fraction of sp³-hybridized carbons (Fsp3) is 0.955. The minimum Gasteiger partial charge on any atom is -0.465 e. The van der Waals surface area contributed by atoms with Gasteiger partial charge in [-0.2, -0.15) is 0 Å². The van der Waals surface area contributed by atoms with Gasteiger partial charge in [-0.15, -0.1) is 0 Å². The lowest BCUT2D eigenvalue weighted by Gasteiger charge is -2.21. The first-order valence-electron chi connectivity index (χ1n) is 22.4. The summed E-state index contributed by atoms with van der Waals surface area (Å²) in [6.45, 7) is 11.0. The van der Waals surface area contributed by atoms with E-state index in [1.54, 1.807) is 0 Å². The molecule has 0 rings (SSSR count). The van der Waals surface area contributed by atoms with Crippen molar-refractivity contribution in [3.05, 3.63) is 0 Å². The molecule has 0 heterocycles. The van der Waals surface area contributed by atoms with E-state index in [2.05, 4.69) is 25.7 Å². The third kappa shape index (κ3) is 38.2. The third-order valence-corrected chi connectivity index (χ3v) is 10.2. The Bertz CT molecular complexity index is 720. The molecule has 0 spiro atoms. The molecular weight excluding hydrogens is 638 g/mol. The first-order chi connectivity index (χ1) is 25.1. The molecule has 0 fully saturated rings. The second-order valence-corrected chi connectivity index (χ2v) is 15.2. The van der Waals surface area contributed by atoms with Crippen molar-refractivity contribution in [2.45, 2.75) is 220 Å². The van der Waals surface area contributed by atoms with Crippen LogP contribution in [0.15, 0.2) is 0 Å². The molecule has 304 valence electrons. The van der Waals surface area contributed by atoms with Gasteiger partial charge in [0, 0.05) is 13.0 Å². The van der Waals surface area contributed by atoms with Crippen LogP contribution >= 0.6 is 0 Å². The molecule has 0 aromatic rings. The van der Waals surface area contributed by atoms with Crippen LogP contribution in [-0.4, -0.2) is 68.2 Å². The Hall–Kier alpha value is -1.34. The van der Waals surface area contributed by atoms with Crippen molar-refractivity contribution >= 4 is 12.1 Å². The van der Waals surface area contributed by atoms with Gasteiger partial charge in [-0.3, -0.25) is 4.79 Å². The SMILES string of the molecule is CCCCCCCCCCC(CCCCCCCC)COC(=O)CCCCCN(CCO)CCCCCCOC(=O)OCCCCCCCCC. The van der Waals surface area contributed by atoms with Gasteiger partial charge >= 0.3 is 12.1 Å². The summed E-state index contributed by atoms with van der Waals surface area (Å²) in [4.78, 5) is 26.7. The Balaban J connectivity index is 4.02. The van der Waals surface area contributed by atoms with E-state index in [-0.39, 0.29) is 12.6 Å². The van der Waals surface area contributed by atoms with E-state index >= 15 is 0 Å². The highest BCUT2D eigenvalue weighted by Gasteiger charge is 2.13. The molecule has 0 saturated carbocycles. The molecular formula is C44H87NO6. The smallest absolute Gasteiger partial charge is 0.465 e. The summed E-state index contributed by atoms with van der Waals surface area (Å²) in [6.07, 6.45) is 36.2. The number of hydrogen-bond donors (Lipinski definition) is 1. The van der Waals surface area contributed by atoms with Gasteiger partial charge in [0.2, 0.25) is 0 Å². The maximum Gasteiger partial charge on any atom is 0.508 e. The Morgan fingerprint density at radius 2 is 0.863 bits per heavy atom. The normalized spacial score (nSPS) is 12.0. The number of nitrogens with zero attached hydrogens (tertiary/aromatic N) is 1. The minimum absolute atomic E-state index is 0.0310. The highest BCUT2D eigenvalue weighted by Crippen LogP contribution is 2.20. The molecule has 1 N–H and O–H groups in total. The molecule has 0 saturated heterocycles. The molecule has 1 atom stereocenters. The predicted molar refractivity (Wildman–Crippen MR) is 215 cm³/mol. The maximum atomic E-state index is 12.6. The monoisotopic (exact) mass is 726 g/mol. The van der Waals surface area contributed by atoms with Crippen LogP contribution in [0.5, 0.6) is 0 Å². The van der Waals surface area contributed by atoms with Crippen molar-refractivity contribution < 1.29 is 28.9 Å². The van der Waals surface area contributed by atoms with Crippen molar-refractivity contribution in [2.75, 3.05) is 46.1 Å². The van der Waals surface area contributed by atoms with Crippen molar-refractivity contribution in [3.8, 4) is 0 Å². The van der Waals surface area contributed by atoms with Crippen LogP contribution in [0, 0.1) is 5.92 Å². The number of ether oxygens (including phenoxy) is 3. The highest BCUT2D eigenvalue weighted by molar-refractivity contribution is 5.69. The zero-order valence-electron chi connectivity index (χ0n) is 34.4. The van der Waals surface area contributed by atoms with Gasteiger partial charge in [0.1, 0.15) is 0 Å². The van der Waals surface area contributed by atoms with E-state index in [4.69, 9.17) is 14.2 Å². The molecule has 0 aromatic heterocycles. The maximum absolute atomic E-state index is 12.6. The largest absolute Gasteiger partial charge is 0.508 e. The summed E-state index contributed by atoms with van der Waals surface area (Å²) in [5.74, 6) is 0.484. The van der Waals surface area contributed by atoms with Gasteiger partial charge in [-0.1, -0.05) is 168 Å². The zero-order valence-corrected chi connectivity index (χ0v) is 34.4. The van der Waals surface area contributed by atoms with E-state index in [1.807, 2.05) is 0 Å². The second kappa shape index (κ2) is 41.4. The number of rotatable bonds is 41. The van der Waals surface area contributed by atoms with Gasteiger partial charge in [0.05, 0.1) is 26.4 Å². The van der Waals surface area contributed by atoms with Gasteiger partial charge < -0.3 is 24.2 Å². The molecule has 1 unspecified atom stereocenters. The lowest BCUT2D eigenvalue weighted by atomic mass is 9.94. The molecule has 51 heavy (non-hydrogen) atoms. The molecule has 7 heteroatoms. The Morgan fingerprint density at radius 1 is 0.471 bits per heavy atom. The number of aliphatic hydroxyl groups is 1. The fourth-order valence-electron chi connectivity index (χ4n) is 6.84. The number of carbonyl (C=O) groups is 2.